The average Bonchev–Trinajstić information content (AvgIpc) is 2.37. The molecule has 1 aromatic carbocycles. The van der Waals surface area contributed by atoms with Crippen molar-refractivity contribution in [3.8, 4) is 11.5 Å². The maximum Gasteiger partial charge on any atom is 0.327 e. The Bertz CT molecular complexity index is 392. The first kappa shape index (κ1) is 13.2. The topological polar surface area (TPSA) is 56.8 Å². The molecule has 0 heterocycles. The van der Waals surface area contributed by atoms with Crippen molar-refractivity contribution >= 4 is 11.7 Å². The van der Waals surface area contributed by atoms with Gasteiger partial charge in [-0.3, -0.25) is 0 Å². The molecule has 1 rings (SSSR count). The number of hydrogen-bond donors (Lipinski definition) is 1. The molecule has 5 heteroatoms. The molecule has 0 saturated heterocycles. The Morgan fingerprint density at radius 3 is 2.47 bits per heavy atom. The van der Waals surface area contributed by atoms with Crippen LogP contribution in [0, 0.1) is 0 Å². The number of esters is 1. The van der Waals surface area contributed by atoms with Crippen LogP contribution in [-0.4, -0.2) is 33.3 Å². The highest BCUT2D eigenvalue weighted by atomic mass is 16.5. The summed E-state index contributed by atoms with van der Waals surface area (Å²) in [6.07, 6.45) is 0. The third-order valence-electron chi connectivity index (χ3n) is 2.34. The highest BCUT2D eigenvalue weighted by Crippen LogP contribution is 2.29. The van der Waals surface area contributed by atoms with Crippen LogP contribution in [0.4, 0.5) is 5.69 Å². The van der Waals surface area contributed by atoms with Crippen LogP contribution in [0.3, 0.4) is 0 Å². The highest BCUT2D eigenvalue weighted by molar-refractivity contribution is 5.79. The predicted octanol–water partition coefficient (Wildman–Crippen LogP) is 1.68. The van der Waals surface area contributed by atoms with Gasteiger partial charge >= 0.3 is 5.97 Å². The minimum absolute atomic E-state index is 0.331. The van der Waals surface area contributed by atoms with Crippen LogP contribution in [0.2, 0.25) is 0 Å². The molecule has 0 saturated carbocycles. The Morgan fingerprint density at radius 2 is 1.94 bits per heavy atom. The molecule has 17 heavy (non-hydrogen) atoms. The van der Waals surface area contributed by atoms with Gasteiger partial charge in [-0.1, -0.05) is 0 Å². The summed E-state index contributed by atoms with van der Waals surface area (Å²) >= 11 is 0. The smallest absolute Gasteiger partial charge is 0.327 e. The molecule has 1 atom stereocenters. The van der Waals surface area contributed by atoms with Crippen LogP contribution >= 0.6 is 0 Å². The fourth-order valence-electron chi connectivity index (χ4n) is 1.39. The monoisotopic (exact) mass is 239 g/mol. The van der Waals surface area contributed by atoms with E-state index >= 15 is 0 Å². The fourth-order valence-corrected chi connectivity index (χ4v) is 1.39. The lowest BCUT2D eigenvalue weighted by Gasteiger charge is -2.16. The number of hydrogen-bond acceptors (Lipinski definition) is 5. The molecular weight excluding hydrogens is 222 g/mol. The van der Waals surface area contributed by atoms with E-state index in [0.717, 1.165) is 0 Å². The Kier molecular flexibility index (Phi) is 4.63. The van der Waals surface area contributed by atoms with E-state index in [9.17, 15) is 4.79 Å². The second-order valence-electron chi connectivity index (χ2n) is 3.46. The third kappa shape index (κ3) is 3.27. The molecule has 1 unspecified atom stereocenters. The molecule has 0 bridgehead atoms. The fraction of sp³-hybridized carbons (Fsp3) is 0.417. The summed E-state index contributed by atoms with van der Waals surface area (Å²) in [6, 6.07) is 4.88. The van der Waals surface area contributed by atoms with Crippen LogP contribution in [-0.2, 0) is 9.53 Å². The number of ether oxygens (including phenoxy) is 3. The molecule has 0 amide bonds. The summed E-state index contributed by atoms with van der Waals surface area (Å²) < 4.78 is 14.9. The zero-order valence-electron chi connectivity index (χ0n) is 10.4. The largest absolute Gasteiger partial charge is 0.497 e. The van der Waals surface area contributed by atoms with Crippen molar-refractivity contribution in [3.63, 3.8) is 0 Å². The zero-order chi connectivity index (χ0) is 12.8. The summed E-state index contributed by atoms with van der Waals surface area (Å²) in [7, 11) is 4.49. The van der Waals surface area contributed by atoms with Gasteiger partial charge in [0.15, 0.2) is 0 Å². The lowest BCUT2D eigenvalue weighted by molar-refractivity contribution is -0.141. The van der Waals surface area contributed by atoms with E-state index in [1.165, 1.54) is 7.11 Å². The Morgan fingerprint density at radius 1 is 1.24 bits per heavy atom. The second kappa shape index (κ2) is 5.98. The predicted molar refractivity (Wildman–Crippen MR) is 64.6 cm³/mol. The maximum absolute atomic E-state index is 11.3. The number of rotatable bonds is 5. The molecule has 0 radical (unpaired) electrons. The number of benzene rings is 1. The van der Waals surface area contributed by atoms with Crippen LogP contribution in [0.5, 0.6) is 11.5 Å². The molecule has 0 aromatic heterocycles. The van der Waals surface area contributed by atoms with Crippen molar-refractivity contribution in [1.82, 2.24) is 0 Å². The minimum atomic E-state index is -0.442. The highest BCUT2D eigenvalue weighted by Gasteiger charge is 2.15. The average molecular weight is 239 g/mol. The van der Waals surface area contributed by atoms with Crippen molar-refractivity contribution < 1.29 is 19.0 Å². The SMILES string of the molecule is COC(=O)C(C)Nc1ccc(OC)cc1OC. The summed E-state index contributed by atoms with van der Waals surface area (Å²) in [6.45, 7) is 1.72. The maximum atomic E-state index is 11.3. The van der Waals surface area contributed by atoms with Gasteiger partial charge in [0.05, 0.1) is 27.0 Å². The van der Waals surface area contributed by atoms with Crippen molar-refractivity contribution in [2.45, 2.75) is 13.0 Å². The number of carbonyl (C=O) groups excluding carboxylic acids is 1. The lowest BCUT2D eigenvalue weighted by atomic mass is 10.2. The first-order valence-corrected chi connectivity index (χ1v) is 5.18. The minimum Gasteiger partial charge on any atom is -0.497 e. The van der Waals surface area contributed by atoms with Crippen LogP contribution in [0.15, 0.2) is 18.2 Å². The van der Waals surface area contributed by atoms with Gasteiger partial charge in [-0.05, 0) is 19.1 Å². The molecule has 0 aliphatic heterocycles. The summed E-state index contributed by atoms with van der Waals surface area (Å²) in [4.78, 5) is 11.3. The number of nitrogens with one attached hydrogen (secondary N) is 1. The third-order valence-corrected chi connectivity index (χ3v) is 2.34. The number of carbonyl (C=O) groups is 1. The second-order valence-corrected chi connectivity index (χ2v) is 3.46. The molecular formula is C12H17NO4. The first-order valence-electron chi connectivity index (χ1n) is 5.18. The Labute approximate surface area is 101 Å². The molecule has 0 spiro atoms. The molecule has 0 aliphatic carbocycles. The van der Waals surface area contributed by atoms with E-state index in [1.807, 2.05) is 0 Å². The molecule has 5 nitrogen and oxygen atoms in total. The Hall–Kier alpha value is -1.91. The van der Waals surface area contributed by atoms with Crippen LogP contribution in [0.25, 0.3) is 0 Å². The van der Waals surface area contributed by atoms with Crippen molar-refractivity contribution in [2.75, 3.05) is 26.6 Å². The van der Waals surface area contributed by atoms with Gasteiger partial charge in [-0.25, -0.2) is 4.79 Å². The van der Waals surface area contributed by atoms with Gasteiger partial charge in [-0.15, -0.1) is 0 Å². The quantitative estimate of drug-likeness (QED) is 0.792. The standard InChI is InChI=1S/C12H17NO4/c1-8(12(14)17-4)13-10-6-5-9(15-2)7-11(10)16-3/h5-8,13H,1-4H3. The van der Waals surface area contributed by atoms with Gasteiger partial charge in [-0.2, -0.15) is 0 Å². The van der Waals surface area contributed by atoms with E-state index in [1.54, 1.807) is 39.3 Å². The van der Waals surface area contributed by atoms with Crippen LogP contribution < -0.4 is 14.8 Å². The summed E-state index contributed by atoms with van der Waals surface area (Å²) in [5, 5.41) is 3.01. The summed E-state index contributed by atoms with van der Waals surface area (Å²) in [5.74, 6) is 0.973. The zero-order valence-corrected chi connectivity index (χ0v) is 10.4. The van der Waals surface area contributed by atoms with Gasteiger partial charge < -0.3 is 19.5 Å². The van der Waals surface area contributed by atoms with Crippen molar-refractivity contribution in [3.05, 3.63) is 18.2 Å². The van der Waals surface area contributed by atoms with Crippen molar-refractivity contribution in [2.24, 2.45) is 0 Å². The molecule has 1 aromatic rings. The first-order chi connectivity index (χ1) is 8.12. The van der Waals surface area contributed by atoms with Crippen molar-refractivity contribution in [1.29, 1.82) is 0 Å². The normalized spacial score (nSPS) is 11.5. The van der Waals surface area contributed by atoms with Gasteiger partial charge in [0.2, 0.25) is 0 Å². The number of anilines is 1. The van der Waals surface area contributed by atoms with Gasteiger partial charge in [0.1, 0.15) is 17.5 Å². The molecule has 1 N–H and O–H groups in total. The molecule has 94 valence electrons. The molecule has 0 aliphatic rings. The summed E-state index contributed by atoms with van der Waals surface area (Å²) in [5.41, 5.74) is 0.714. The van der Waals surface area contributed by atoms with Crippen LogP contribution in [0.1, 0.15) is 6.92 Å². The van der Waals surface area contributed by atoms with Gasteiger partial charge in [0, 0.05) is 6.07 Å². The van der Waals surface area contributed by atoms with E-state index in [4.69, 9.17) is 9.47 Å². The number of methoxy groups -OCH3 is 3. The van der Waals surface area contributed by atoms with E-state index in [-0.39, 0.29) is 5.97 Å². The Balaban J connectivity index is 2.87. The molecule has 0 fully saturated rings. The van der Waals surface area contributed by atoms with E-state index in [0.29, 0.717) is 17.2 Å². The lowest BCUT2D eigenvalue weighted by Crippen LogP contribution is -2.27. The van der Waals surface area contributed by atoms with Gasteiger partial charge in [0.25, 0.3) is 0 Å². The van der Waals surface area contributed by atoms with E-state index in [2.05, 4.69) is 10.1 Å². The van der Waals surface area contributed by atoms with E-state index < -0.39 is 6.04 Å².